The normalized spacial score (nSPS) is 18.1. The lowest BCUT2D eigenvalue weighted by Crippen LogP contribution is -2.49. The van der Waals surface area contributed by atoms with Crippen LogP contribution in [0.4, 0.5) is 0 Å². The van der Waals surface area contributed by atoms with Crippen molar-refractivity contribution in [2.75, 3.05) is 19.8 Å². The number of nitrogens with zero attached hydrogens (tertiary/aromatic N) is 1. The number of hydrogen-bond acceptors (Lipinski definition) is 5. The molecule has 1 unspecified atom stereocenters. The number of rotatable bonds is 5. The molecule has 0 bridgehead atoms. The zero-order valence-electron chi connectivity index (χ0n) is 13.0. The van der Waals surface area contributed by atoms with Gasteiger partial charge >= 0.3 is 0 Å². The minimum Gasteiger partial charge on any atom is -0.461 e. The lowest BCUT2D eigenvalue weighted by Gasteiger charge is -2.35. The summed E-state index contributed by atoms with van der Waals surface area (Å²) >= 11 is 1.52. The van der Waals surface area contributed by atoms with Crippen molar-refractivity contribution in [2.45, 2.75) is 25.8 Å². The summed E-state index contributed by atoms with van der Waals surface area (Å²) in [5.74, 6) is 0.200. The van der Waals surface area contributed by atoms with E-state index in [0.717, 1.165) is 11.3 Å². The Morgan fingerprint density at radius 1 is 1.35 bits per heavy atom. The van der Waals surface area contributed by atoms with Gasteiger partial charge in [0.1, 0.15) is 0 Å². The van der Waals surface area contributed by atoms with Crippen molar-refractivity contribution >= 4 is 23.0 Å². The molecule has 1 amide bonds. The molecule has 1 fully saturated rings. The van der Waals surface area contributed by atoms with Crippen LogP contribution >= 0.6 is 11.3 Å². The lowest BCUT2D eigenvalue weighted by atomic mass is 10.1. The number of amides is 1. The predicted octanol–water partition coefficient (Wildman–Crippen LogP) is 3.02. The number of hydrogen-bond donors (Lipinski definition) is 0. The Hall–Kier alpha value is -1.92. The molecule has 3 heterocycles. The van der Waals surface area contributed by atoms with Gasteiger partial charge in [-0.2, -0.15) is 0 Å². The highest BCUT2D eigenvalue weighted by Gasteiger charge is 2.31. The van der Waals surface area contributed by atoms with Crippen molar-refractivity contribution < 1.29 is 18.7 Å². The third-order valence-corrected chi connectivity index (χ3v) is 5.14. The molecule has 0 aliphatic carbocycles. The summed E-state index contributed by atoms with van der Waals surface area (Å²) in [4.78, 5) is 28.7. The maximum Gasteiger partial charge on any atom is 0.264 e. The molecule has 0 N–H and O–H groups in total. The van der Waals surface area contributed by atoms with Crippen LogP contribution in [0.5, 0.6) is 0 Å². The lowest BCUT2D eigenvalue weighted by molar-refractivity contribution is -0.00277. The molecule has 5 nitrogen and oxygen atoms in total. The van der Waals surface area contributed by atoms with Crippen molar-refractivity contribution in [1.29, 1.82) is 0 Å². The van der Waals surface area contributed by atoms with Crippen molar-refractivity contribution in [3.63, 3.8) is 0 Å². The number of ketones is 1. The average molecular weight is 333 g/mol. The largest absolute Gasteiger partial charge is 0.461 e. The molecule has 23 heavy (non-hydrogen) atoms. The van der Waals surface area contributed by atoms with Crippen LogP contribution < -0.4 is 0 Å². The Morgan fingerprint density at radius 3 is 2.91 bits per heavy atom. The van der Waals surface area contributed by atoms with Crippen molar-refractivity contribution in [3.05, 3.63) is 46.0 Å². The number of furan rings is 1. The minimum atomic E-state index is -0.249. The van der Waals surface area contributed by atoms with E-state index < -0.39 is 0 Å². The van der Waals surface area contributed by atoms with Gasteiger partial charge in [0.2, 0.25) is 0 Å². The van der Waals surface area contributed by atoms with Crippen LogP contribution in [-0.4, -0.2) is 42.4 Å². The Morgan fingerprint density at radius 2 is 2.22 bits per heavy atom. The summed E-state index contributed by atoms with van der Waals surface area (Å²) in [5.41, 5.74) is 0. The van der Waals surface area contributed by atoms with E-state index in [2.05, 4.69) is 6.92 Å². The van der Waals surface area contributed by atoms with Gasteiger partial charge in [0.25, 0.3) is 5.91 Å². The molecule has 1 saturated heterocycles. The van der Waals surface area contributed by atoms with Gasteiger partial charge in [-0.15, -0.1) is 11.3 Å². The molecule has 0 aromatic carbocycles. The highest BCUT2D eigenvalue weighted by Crippen LogP contribution is 2.22. The van der Waals surface area contributed by atoms with Gasteiger partial charge in [-0.3, -0.25) is 9.59 Å². The number of ether oxygens (including phenoxy) is 1. The van der Waals surface area contributed by atoms with Crippen molar-refractivity contribution in [3.8, 4) is 0 Å². The molecule has 0 saturated carbocycles. The standard InChI is InChI=1S/C17H19NO4S/c1-2-13-5-6-16(23-13)17(20)18-7-9-21-11-12(18)10-14(19)15-4-3-8-22-15/h3-6,8,12H,2,7,9-11H2,1H3. The quantitative estimate of drug-likeness (QED) is 0.789. The molecule has 122 valence electrons. The number of carbonyl (C=O) groups is 2. The third-order valence-electron chi connectivity index (χ3n) is 3.93. The highest BCUT2D eigenvalue weighted by atomic mass is 32.1. The smallest absolute Gasteiger partial charge is 0.264 e. The summed E-state index contributed by atoms with van der Waals surface area (Å²) in [5, 5.41) is 0. The van der Waals surface area contributed by atoms with Crippen LogP contribution in [0, 0.1) is 0 Å². The van der Waals surface area contributed by atoms with Crippen LogP contribution in [0.15, 0.2) is 34.9 Å². The zero-order valence-corrected chi connectivity index (χ0v) is 13.8. The van der Waals surface area contributed by atoms with Gasteiger partial charge in [-0.05, 0) is 30.7 Å². The van der Waals surface area contributed by atoms with Gasteiger partial charge in [-0.1, -0.05) is 6.92 Å². The Labute approximate surface area is 138 Å². The zero-order chi connectivity index (χ0) is 16.2. The van der Waals surface area contributed by atoms with Crippen LogP contribution in [0.2, 0.25) is 0 Å². The topological polar surface area (TPSA) is 59.8 Å². The SMILES string of the molecule is CCc1ccc(C(=O)N2CCOCC2CC(=O)c2ccco2)s1. The van der Waals surface area contributed by atoms with Gasteiger partial charge in [0.05, 0.1) is 30.4 Å². The van der Waals surface area contributed by atoms with E-state index in [0.29, 0.717) is 25.5 Å². The van der Waals surface area contributed by atoms with E-state index in [1.807, 2.05) is 12.1 Å². The monoisotopic (exact) mass is 333 g/mol. The van der Waals surface area contributed by atoms with E-state index in [-0.39, 0.29) is 24.2 Å². The number of thiophene rings is 1. The van der Waals surface area contributed by atoms with E-state index in [4.69, 9.17) is 9.15 Å². The van der Waals surface area contributed by atoms with Crippen LogP contribution in [0.25, 0.3) is 0 Å². The first-order chi connectivity index (χ1) is 11.2. The molecule has 1 aliphatic heterocycles. The summed E-state index contributed by atoms with van der Waals surface area (Å²) in [6, 6.07) is 6.94. The molecule has 0 spiro atoms. The molecule has 0 radical (unpaired) electrons. The second kappa shape index (κ2) is 7.10. The van der Waals surface area contributed by atoms with Gasteiger partial charge in [0, 0.05) is 17.8 Å². The fourth-order valence-corrected chi connectivity index (χ4v) is 3.57. The second-order valence-corrected chi connectivity index (χ2v) is 6.62. The van der Waals surface area contributed by atoms with E-state index in [1.165, 1.54) is 22.5 Å². The summed E-state index contributed by atoms with van der Waals surface area (Å²) in [6.45, 7) is 3.46. The first-order valence-corrected chi connectivity index (χ1v) is 8.54. The van der Waals surface area contributed by atoms with Crippen LogP contribution in [-0.2, 0) is 11.2 Å². The van der Waals surface area contributed by atoms with Crippen molar-refractivity contribution in [1.82, 2.24) is 4.90 Å². The van der Waals surface area contributed by atoms with E-state index in [9.17, 15) is 9.59 Å². The first kappa shape index (κ1) is 16.0. The van der Waals surface area contributed by atoms with Gasteiger partial charge < -0.3 is 14.1 Å². The third kappa shape index (κ3) is 3.54. The molecule has 2 aromatic heterocycles. The molecule has 2 aromatic rings. The fraction of sp³-hybridized carbons (Fsp3) is 0.412. The maximum absolute atomic E-state index is 12.8. The Kier molecular flexibility index (Phi) is 4.93. The Bertz CT molecular complexity index is 677. The first-order valence-electron chi connectivity index (χ1n) is 7.73. The fourth-order valence-electron chi connectivity index (χ4n) is 2.67. The maximum atomic E-state index is 12.8. The van der Waals surface area contributed by atoms with Gasteiger partial charge in [0.15, 0.2) is 11.5 Å². The number of carbonyl (C=O) groups excluding carboxylic acids is 2. The highest BCUT2D eigenvalue weighted by molar-refractivity contribution is 7.14. The van der Waals surface area contributed by atoms with E-state index in [1.54, 1.807) is 17.0 Å². The predicted molar refractivity (Wildman–Crippen MR) is 87.0 cm³/mol. The van der Waals surface area contributed by atoms with E-state index >= 15 is 0 Å². The number of Topliss-reactive ketones (excluding diaryl/α,β-unsaturated/α-hetero) is 1. The molecular formula is C17H19NO4S. The summed E-state index contributed by atoms with van der Waals surface area (Å²) in [6.07, 6.45) is 2.61. The summed E-state index contributed by atoms with van der Waals surface area (Å²) in [7, 11) is 0. The average Bonchev–Trinajstić information content (AvgIpc) is 3.26. The molecule has 1 aliphatic rings. The summed E-state index contributed by atoms with van der Waals surface area (Å²) < 4.78 is 10.6. The second-order valence-electron chi connectivity index (χ2n) is 5.45. The van der Waals surface area contributed by atoms with Gasteiger partial charge in [-0.25, -0.2) is 0 Å². The van der Waals surface area contributed by atoms with Crippen molar-refractivity contribution in [2.24, 2.45) is 0 Å². The number of morpholine rings is 1. The minimum absolute atomic E-state index is 0.0183. The Balaban J connectivity index is 1.73. The molecule has 1 atom stereocenters. The van der Waals surface area contributed by atoms with Crippen LogP contribution in [0.1, 0.15) is 38.4 Å². The number of aryl methyl sites for hydroxylation is 1. The molecular weight excluding hydrogens is 314 g/mol. The molecule has 6 heteroatoms. The molecule has 3 rings (SSSR count). The van der Waals surface area contributed by atoms with Crippen LogP contribution in [0.3, 0.4) is 0 Å².